The Morgan fingerprint density at radius 1 is 1.06 bits per heavy atom. The van der Waals surface area contributed by atoms with Gasteiger partial charge in [-0.3, -0.25) is 18.8 Å². The van der Waals surface area contributed by atoms with Crippen molar-refractivity contribution in [2.75, 3.05) is 55.1 Å². The third-order valence-corrected chi connectivity index (χ3v) is 6.39. The highest BCUT2D eigenvalue weighted by Gasteiger charge is 2.27. The summed E-state index contributed by atoms with van der Waals surface area (Å²) in [5.41, 5.74) is 1.64. The summed E-state index contributed by atoms with van der Waals surface area (Å²) in [4.78, 5) is 28.6. The zero-order valence-electron chi connectivity index (χ0n) is 18.1. The van der Waals surface area contributed by atoms with Gasteiger partial charge >= 0.3 is 0 Å². The first-order valence-corrected chi connectivity index (χ1v) is 12.1. The van der Waals surface area contributed by atoms with Gasteiger partial charge in [0.1, 0.15) is 12.4 Å². The molecule has 2 aromatic carbocycles. The third kappa shape index (κ3) is 6.27. The molecule has 0 aromatic heterocycles. The van der Waals surface area contributed by atoms with Crippen LogP contribution in [0.4, 0.5) is 15.8 Å². The van der Waals surface area contributed by atoms with Crippen molar-refractivity contribution in [2.45, 2.75) is 6.92 Å². The molecule has 0 radical (unpaired) electrons. The van der Waals surface area contributed by atoms with Crippen molar-refractivity contribution in [3.05, 3.63) is 59.9 Å². The molecule has 8 nitrogen and oxygen atoms in total. The number of carbonyl (C=O) groups excluding carboxylic acids is 2. The maximum atomic E-state index is 13.2. The summed E-state index contributed by atoms with van der Waals surface area (Å²) in [5.74, 6) is -0.982. The molecular weight excluding hydrogens is 435 g/mol. The Labute approximate surface area is 187 Å². The molecule has 172 valence electrons. The van der Waals surface area contributed by atoms with E-state index in [-0.39, 0.29) is 24.9 Å². The van der Waals surface area contributed by atoms with E-state index in [1.807, 2.05) is 11.0 Å². The number of carbonyl (C=O) groups is 2. The quantitative estimate of drug-likeness (QED) is 0.676. The molecule has 1 N–H and O–H groups in total. The maximum absolute atomic E-state index is 13.2. The average molecular weight is 463 g/mol. The van der Waals surface area contributed by atoms with Crippen LogP contribution in [0.5, 0.6) is 0 Å². The standard InChI is InChI=1S/C22H27FN4O4S/c1-17-6-3-4-9-20(17)27(32(2,30)31)16-22(29)26-12-10-25(11-13-26)15-21(28)24-19-8-5-7-18(23)14-19/h3-9,14H,10-13,15-16H2,1-2H3,(H,24,28). The van der Waals surface area contributed by atoms with Crippen LogP contribution in [0.2, 0.25) is 0 Å². The monoisotopic (exact) mass is 462 g/mol. The molecule has 0 spiro atoms. The Kier molecular flexibility index (Phi) is 7.47. The first-order valence-electron chi connectivity index (χ1n) is 10.2. The summed E-state index contributed by atoms with van der Waals surface area (Å²) in [7, 11) is -3.64. The molecule has 0 unspecified atom stereocenters. The Bertz CT molecular complexity index is 1080. The van der Waals surface area contributed by atoms with Gasteiger partial charge in [-0.15, -0.1) is 0 Å². The molecule has 1 aliphatic rings. The van der Waals surface area contributed by atoms with Crippen molar-refractivity contribution in [2.24, 2.45) is 0 Å². The summed E-state index contributed by atoms with van der Waals surface area (Å²) in [6, 6.07) is 12.7. The van der Waals surface area contributed by atoms with Crippen molar-refractivity contribution >= 4 is 33.2 Å². The highest BCUT2D eigenvalue weighted by atomic mass is 32.2. The minimum absolute atomic E-state index is 0.122. The molecule has 32 heavy (non-hydrogen) atoms. The lowest BCUT2D eigenvalue weighted by Crippen LogP contribution is -2.53. The number of sulfonamides is 1. The number of rotatable bonds is 7. The number of benzene rings is 2. The van der Waals surface area contributed by atoms with Crippen LogP contribution in [0.25, 0.3) is 0 Å². The van der Waals surface area contributed by atoms with Crippen molar-refractivity contribution in [1.82, 2.24) is 9.80 Å². The lowest BCUT2D eigenvalue weighted by Gasteiger charge is -2.35. The first-order chi connectivity index (χ1) is 15.1. The summed E-state index contributed by atoms with van der Waals surface area (Å²) < 4.78 is 39.0. The average Bonchev–Trinajstić information content (AvgIpc) is 2.72. The highest BCUT2D eigenvalue weighted by molar-refractivity contribution is 7.92. The summed E-state index contributed by atoms with van der Waals surface area (Å²) >= 11 is 0. The van der Waals surface area contributed by atoms with Crippen LogP contribution in [-0.4, -0.2) is 75.6 Å². The SMILES string of the molecule is Cc1ccccc1N(CC(=O)N1CCN(CC(=O)Nc2cccc(F)c2)CC1)S(C)(=O)=O. The second-order valence-corrected chi connectivity index (χ2v) is 9.68. The number of hydrogen-bond donors (Lipinski definition) is 1. The Morgan fingerprint density at radius 3 is 2.38 bits per heavy atom. The van der Waals surface area contributed by atoms with E-state index in [1.54, 1.807) is 36.1 Å². The fourth-order valence-electron chi connectivity index (χ4n) is 3.57. The minimum atomic E-state index is -3.64. The number of piperazine rings is 1. The minimum Gasteiger partial charge on any atom is -0.339 e. The van der Waals surface area contributed by atoms with E-state index in [1.165, 1.54) is 18.2 Å². The zero-order chi connectivity index (χ0) is 23.3. The van der Waals surface area contributed by atoms with Crippen molar-refractivity contribution in [1.29, 1.82) is 0 Å². The van der Waals surface area contributed by atoms with E-state index in [4.69, 9.17) is 0 Å². The first kappa shape index (κ1) is 23.7. The largest absolute Gasteiger partial charge is 0.339 e. The van der Waals surface area contributed by atoms with Gasteiger partial charge in [0.25, 0.3) is 0 Å². The zero-order valence-corrected chi connectivity index (χ0v) is 18.9. The maximum Gasteiger partial charge on any atom is 0.243 e. The van der Waals surface area contributed by atoms with Crippen molar-refractivity contribution in [3.8, 4) is 0 Å². The molecule has 1 fully saturated rings. The Balaban J connectivity index is 1.54. The van der Waals surface area contributed by atoms with Crippen LogP contribution in [0.1, 0.15) is 5.56 Å². The van der Waals surface area contributed by atoms with E-state index in [0.717, 1.165) is 16.1 Å². The Morgan fingerprint density at radius 2 is 1.75 bits per heavy atom. The van der Waals surface area contributed by atoms with E-state index >= 15 is 0 Å². The van der Waals surface area contributed by atoms with Gasteiger partial charge in [-0.2, -0.15) is 0 Å². The van der Waals surface area contributed by atoms with Gasteiger partial charge < -0.3 is 10.2 Å². The number of halogens is 1. The molecular formula is C22H27FN4O4S. The van der Waals surface area contributed by atoms with Crippen LogP contribution in [0.3, 0.4) is 0 Å². The molecule has 1 saturated heterocycles. The second kappa shape index (κ2) is 10.1. The topological polar surface area (TPSA) is 90.0 Å². The van der Waals surface area contributed by atoms with E-state index in [9.17, 15) is 22.4 Å². The normalized spacial score (nSPS) is 14.8. The molecule has 1 aliphatic heterocycles. The Hall–Kier alpha value is -2.98. The molecule has 0 aliphatic carbocycles. The molecule has 0 atom stereocenters. The number of nitrogens with one attached hydrogen (secondary N) is 1. The van der Waals surface area contributed by atoms with Gasteiger partial charge in [-0.05, 0) is 36.8 Å². The smallest absolute Gasteiger partial charge is 0.243 e. The molecule has 3 rings (SSSR count). The van der Waals surface area contributed by atoms with Gasteiger partial charge in [0.2, 0.25) is 21.8 Å². The fourth-order valence-corrected chi connectivity index (χ4v) is 4.48. The summed E-state index contributed by atoms with van der Waals surface area (Å²) in [6.07, 6.45) is 1.09. The summed E-state index contributed by atoms with van der Waals surface area (Å²) in [5, 5.41) is 2.66. The number of aryl methyl sites for hydroxylation is 1. The number of amides is 2. The van der Waals surface area contributed by atoms with Crippen LogP contribution in [-0.2, 0) is 19.6 Å². The van der Waals surface area contributed by atoms with Crippen LogP contribution >= 0.6 is 0 Å². The summed E-state index contributed by atoms with van der Waals surface area (Å²) in [6.45, 7) is 3.37. The predicted molar refractivity (Wildman–Crippen MR) is 121 cm³/mol. The lowest BCUT2D eigenvalue weighted by molar-refractivity contribution is -0.131. The highest BCUT2D eigenvalue weighted by Crippen LogP contribution is 2.22. The van der Waals surface area contributed by atoms with Crippen molar-refractivity contribution < 1.29 is 22.4 Å². The van der Waals surface area contributed by atoms with Gasteiger partial charge in [0, 0.05) is 31.9 Å². The van der Waals surface area contributed by atoms with Gasteiger partial charge in [0.15, 0.2) is 0 Å². The van der Waals surface area contributed by atoms with Gasteiger partial charge in [-0.25, -0.2) is 12.8 Å². The predicted octanol–water partition coefficient (Wildman–Crippen LogP) is 1.68. The van der Waals surface area contributed by atoms with Crippen LogP contribution < -0.4 is 9.62 Å². The van der Waals surface area contributed by atoms with Crippen LogP contribution in [0.15, 0.2) is 48.5 Å². The lowest BCUT2D eigenvalue weighted by atomic mass is 10.2. The number of hydrogen-bond acceptors (Lipinski definition) is 5. The molecule has 2 amide bonds. The van der Waals surface area contributed by atoms with E-state index < -0.39 is 15.8 Å². The van der Waals surface area contributed by atoms with Crippen molar-refractivity contribution in [3.63, 3.8) is 0 Å². The van der Waals surface area contributed by atoms with Crippen LogP contribution in [0, 0.1) is 12.7 Å². The number of anilines is 2. The van der Waals surface area contributed by atoms with Gasteiger partial charge in [-0.1, -0.05) is 24.3 Å². The molecule has 10 heteroatoms. The van der Waals surface area contributed by atoms with E-state index in [0.29, 0.717) is 37.6 Å². The van der Waals surface area contributed by atoms with Gasteiger partial charge in [0.05, 0.1) is 18.5 Å². The second-order valence-electron chi connectivity index (χ2n) is 7.77. The number of nitrogens with zero attached hydrogens (tertiary/aromatic N) is 3. The molecule has 2 aromatic rings. The molecule has 0 bridgehead atoms. The number of para-hydroxylation sites is 1. The third-order valence-electron chi connectivity index (χ3n) is 5.26. The molecule has 1 heterocycles. The fraction of sp³-hybridized carbons (Fsp3) is 0.364. The van der Waals surface area contributed by atoms with E-state index in [2.05, 4.69) is 5.32 Å². The molecule has 0 saturated carbocycles.